The molecule has 1 unspecified atom stereocenters. The lowest BCUT2D eigenvalue weighted by Gasteiger charge is -2.32. The predicted octanol–water partition coefficient (Wildman–Crippen LogP) is 4.06. The smallest absolute Gasteiger partial charge is 0.465 e. The van der Waals surface area contributed by atoms with E-state index in [2.05, 4.69) is 27.7 Å². The number of hydrogen-bond donors (Lipinski definition) is 0. The Kier molecular flexibility index (Phi) is 5.47. The molecule has 1 aliphatic carbocycles. The summed E-state index contributed by atoms with van der Waals surface area (Å²) < 4.78 is 24.3. The van der Waals surface area contributed by atoms with E-state index in [-0.39, 0.29) is 24.6 Å². The Morgan fingerprint density at radius 1 is 1.04 bits per heavy atom. The molecule has 1 saturated heterocycles. The molecular formula is C20H31BO4. The maximum Gasteiger partial charge on any atom is 0.494 e. The van der Waals surface area contributed by atoms with Crippen molar-refractivity contribution in [3.8, 4) is 5.75 Å². The molecule has 5 heteroatoms. The van der Waals surface area contributed by atoms with E-state index in [0.29, 0.717) is 6.10 Å². The largest absolute Gasteiger partial charge is 0.494 e. The summed E-state index contributed by atoms with van der Waals surface area (Å²) in [5, 5.41) is 0. The Balaban J connectivity index is 1.62. The standard InChI is InChI=1S/C20H31BO4/c1-15(22-17-11-7-6-8-12-17)23-18-13-9-10-16(14-18)21-24-19(2,3)20(4,5)25-21/h9-10,13-15,17H,6-8,11-12H2,1-5H3. The molecule has 0 aromatic heterocycles. The average molecular weight is 346 g/mol. The Hall–Kier alpha value is -1.04. The van der Waals surface area contributed by atoms with Crippen LogP contribution in [-0.4, -0.2) is 30.7 Å². The number of hydrogen-bond acceptors (Lipinski definition) is 4. The fraction of sp³-hybridized carbons (Fsp3) is 0.700. The van der Waals surface area contributed by atoms with Crippen LogP contribution in [-0.2, 0) is 14.0 Å². The summed E-state index contributed by atoms with van der Waals surface area (Å²) >= 11 is 0. The zero-order valence-electron chi connectivity index (χ0n) is 16.2. The lowest BCUT2D eigenvalue weighted by atomic mass is 9.79. The third-order valence-corrected chi connectivity index (χ3v) is 5.62. The molecule has 1 atom stereocenters. The highest BCUT2D eigenvalue weighted by atomic mass is 16.7. The molecule has 1 heterocycles. The molecule has 0 amide bonds. The molecule has 1 aromatic carbocycles. The van der Waals surface area contributed by atoms with Gasteiger partial charge in [0.1, 0.15) is 5.75 Å². The van der Waals surface area contributed by atoms with Crippen LogP contribution in [0.5, 0.6) is 5.75 Å². The van der Waals surface area contributed by atoms with E-state index in [1.807, 2.05) is 31.2 Å². The van der Waals surface area contributed by atoms with Gasteiger partial charge in [-0.15, -0.1) is 0 Å². The zero-order valence-corrected chi connectivity index (χ0v) is 16.2. The van der Waals surface area contributed by atoms with E-state index in [4.69, 9.17) is 18.8 Å². The van der Waals surface area contributed by atoms with Crippen molar-refractivity contribution in [2.75, 3.05) is 0 Å². The van der Waals surface area contributed by atoms with E-state index in [1.54, 1.807) is 0 Å². The molecular weight excluding hydrogens is 315 g/mol. The fourth-order valence-electron chi connectivity index (χ4n) is 3.41. The van der Waals surface area contributed by atoms with Crippen LogP contribution in [0.15, 0.2) is 24.3 Å². The maximum atomic E-state index is 6.12. The Labute approximate surface area is 152 Å². The van der Waals surface area contributed by atoms with Crippen molar-refractivity contribution in [2.24, 2.45) is 0 Å². The average Bonchev–Trinajstić information content (AvgIpc) is 2.76. The van der Waals surface area contributed by atoms with E-state index >= 15 is 0 Å². The van der Waals surface area contributed by atoms with Crippen molar-refractivity contribution >= 4 is 12.6 Å². The fourth-order valence-corrected chi connectivity index (χ4v) is 3.41. The summed E-state index contributed by atoms with van der Waals surface area (Å²) in [4.78, 5) is 0. The highest BCUT2D eigenvalue weighted by Gasteiger charge is 2.51. The first kappa shape index (κ1) is 18.7. The molecule has 1 saturated carbocycles. The van der Waals surface area contributed by atoms with Crippen LogP contribution in [0.3, 0.4) is 0 Å². The lowest BCUT2D eigenvalue weighted by Crippen LogP contribution is -2.41. The monoisotopic (exact) mass is 346 g/mol. The van der Waals surface area contributed by atoms with Gasteiger partial charge in [0.15, 0.2) is 6.29 Å². The van der Waals surface area contributed by atoms with Gasteiger partial charge in [0.25, 0.3) is 0 Å². The Morgan fingerprint density at radius 2 is 1.68 bits per heavy atom. The van der Waals surface area contributed by atoms with Gasteiger partial charge < -0.3 is 18.8 Å². The van der Waals surface area contributed by atoms with E-state index in [0.717, 1.165) is 24.1 Å². The molecule has 0 bridgehead atoms. The van der Waals surface area contributed by atoms with Crippen molar-refractivity contribution in [1.29, 1.82) is 0 Å². The predicted molar refractivity (Wildman–Crippen MR) is 100 cm³/mol. The molecule has 1 aliphatic heterocycles. The lowest BCUT2D eigenvalue weighted by molar-refractivity contribution is -0.116. The second-order valence-corrected chi connectivity index (χ2v) is 8.24. The molecule has 138 valence electrons. The van der Waals surface area contributed by atoms with Gasteiger partial charge in [0, 0.05) is 0 Å². The van der Waals surface area contributed by atoms with Crippen molar-refractivity contribution in [3.05, 3.63) is 24.3 Å². The van der Waals surface area contributed by atoms with Crippen molar-refractivity contribution < 1.29 is 18.8 Å². The van der Waals surface area contributed by atoms with Crippen LogP contribution in [0.1, 0.15) is 66.7 Å². The van der Waals surface area contributed by atoms with Gasteiger partial charge in [-0.05, 0) is 65.1 Å². The first-order valence-electron chi connectivity index (χ1n) is 9.54. The molecule has 2 aliphatic rings. The second kappa shape index (κ2) is 7.30. The summed E-state index contributed by atoms with van der Waals surface area (Å²) in [5.74, 6) is 0.788. The minimum atomic E-state index is -0.372. The van der Waals surface area contributed by atoms with Gasteiger partial charge in [0.05, 0.1) is 17.3 Å². The summed E-state index contributed by atoms with van der Waals surface area (Å²) in [6.07, 6.45) is 6.20. The molecule has 0 N–H and O–H groups in total. The topological polar surface area (TPSA) is 36.9 Å². The van der Waals surface area contributed by atoms with Crippen LogP contribution in [0.4, 0.5) is 0 Å². The highest BCUT2D eigenvalue weighted by molar-refractivity contribution is 6.62. The molecule has 25 heavy (non-hydrogen) atoms. The van der Waals surface area contributed by atoms with Crippen LogP contribution >= 0.6 is 0 Å². The van der Waals surface area contributed by atoms with E-state index in [1.165, 1.54) is 19.3 Å². The Bertz CT molecular complexity index is 565. The van der Waals surface area contributed by atoms with Crippen LogP contribution in [0.2, 0.25) is 0 Å². The second-order valence-electron chi connectivity index (χ2n) is 8.24. The molecule has 4 nitrogen and oxygen atoms in total. The van der Waals surface area contributed by atoms with Gasteiger partial charge in [-0.25, -0.2) is 0 Å². The van der Waals surface area contributed by atoms with Crippen LogP contribution in [0.25, 0.3) is 0 Å². The number of ether oxygens (including phenoxy) is 2. The van der Waals surface area contributed by atoms with Gasteiger partial charge in [-0.1, -0.05) is 31.4 Å². The normalized spacial score (nSPS) is 24.3. The summed E-state index contributed by atoms with van der Waals surface area (Å²) in [7, 11) is -0.372. The third kappa shape index (κ3) is 4.39. The van der Waals surface area contributed by atoms with Gasteiger partial charge in [0.2, 0.25) is 0 Å². The van der Waals surface area contributed by atoms with Gasteiger partial charge >= 0.3 is 7.12 Å². The van der Waals surface area contributed by atoms with E-state index < -0.39 is 0 Å². The SMILES string of the molecule is CC(Oc1cccc(B2OC(C)(C)C(C)(C)O2)c1)OC1CCCCC1. The highest BCUT2D eigenvalue weighted by Crippen LogP contribution is 2.36. The van der Waals surface area contributed by atoms with Crippen molar-refractivity contribution in [2.45, 2.75) is 90.3 Å². The minimum Gasteiger partial charge on any atom is -0.465 e. The molecule has 0 radical (unpaired) electrons. The van der Waals surface area contributed by atoms with Crippen molar-refractivity contribution in [1.82, 2.24) is 0 Å². The molecule has 1 aromatic rings. The quantitative estimate of drug-likeness (QED) is 0.595. The first-order valence-corrected chi connectivity index (χ1v) is 9.54. The molecule has 0 spiro atoms. The van der Waals surface area contributed by atoms with E-state index in [9.17, 15) is 0 Å². The molecule has 2 fully saturated rings. The number of benzene rings is 1. The van der Waals surface area contributed by atoms with Crippen molar-refractivity contribution in [3.63, 3.8) is 0 Å². The third-order valence-electron chi connectivity index (χ3n) is 5.62. The summed E-state index contributed by atoms with van der Waals surface area (Å²) in [5.41, 5.74) is 0.290. The minimum absolute atomic E-state index is 0.253. The van der Waals surface area contributed by atoms with Crippen LogP contribution < -0.4 is 10.2 Å². The summed E-state index contributed by atoms with van der Waals surface area (Å²) in [6, 6.07) is 7.93. The maximum absolute atomic E-state index is 6.12. The Morgan fingerprint density at radius 3 is 2.32 bits per heavy atom. The number of rotatable bonds is 5. The van der Waals surface area contributed by atoms with Gasteiger partial charge in [-0.2, -0.15) is 0 Å². The zero-order chi connectivity index (χ0) is 18.1. The molecule has 3 rings (SSSR count). The van der Waals surface area contributed by atoms with Crippen LogP contribution in [0, 0.1) is 0 Å². The van der Waals surface area contributed by atoms with Gasteiger partial charge in [-0.3, -0.25) is 0 Å². The summed E-state index contributed by atoms with van der Waals surface area (Å²) in [6.45, 7) is 10.2. The first-order chi connectivity index (χ1) is 11.8.